The molecule has 114 valence electrons. The number of hydrogen-bond acceptors (Lipinski definition) is 2. The molecule has 2 amide bonds. The zero-order valence-corrected chi connectivity index (χ0v) is 13.5. The summed E-state index contributed by atoms with van der Waals surface area (Å²) in [4.78, 5) is 26.5. The van der Waals surface area contributed by atoms with Crippen molar-refractivity contribution in [2.45, 2.75) is 45.8 Å². The molecule has 0 bridgehead atoms. The first-order valence-electron chi connectivity index (χ1n) is 7.21. The Bertz CT molecular complexity index is 559. The number of benzene rings is 1. The van der Waals surface area contributed by atoms with Crippen LogP contribution in [0.2, 0.25) is 5.02 Å². The Morgan fingerprint density at radius 1 is 1.24 bits per heavy atom. The van der Waals surface area contributed by atoms with Crippen molar-refractivity contribution >= 4 is 23.4 Å². The van der Waals surface area contributed by atoms with Crippen molar-refractivity contribution in [1.82, 2.24) is 10.2 Å². The van der Waals surface area contributed by atoms with E-state index in [0.717, 1.165) is 5.56 Å². The van der Waals surface area contributed by atoms with Crippen LogP contribution in [0.15, 0.2) is 24.3 Å². The van der Waals surface area contributed by atoms with E-state index in [0.29, 0.717) is 5.02 Å². The molecule has 1 fully saturated rings. The fourth-order valence-electron chi connectivity index (χ4n) is 2.83. The molecule has 2 rings (SSSR count). The maximum Gasteiger partial charge on any atom is 0.246 e. The monoisotopic (exact) mass is 308 g/mol. The van der Waals surface area contributed by atoms with Crippen LogP contribution in [0.3, 0.4) is 0 Å². The van der Waals surface area contributed by atoms with Gasteiger partial charge in [0.2, 0.25) is 11.8 Å². The second-order valence-corrected chi connectivity index (χ2v) is 6.33. The first kappa shape index (κ1) is 15.8. The summed E-state index contributed by atoms with van der Waals surface area (Å²) in [5, 5.41) is 3.38. The Labute approximate surface area is 130 Å². The Kier molecular flexibility index (Phi) is 4.57. The molecule has 1 saturated heterocycles. The third-order valence-corrected chi connectivity index (χ3v) is 4.17. The fourth-order valence-corrected chi connectivity index (χ4v) is 3.03. The quantitative estimate of drug-likeness (QED) is 0.933. The molecule has 3 unspecified atom stereocenters. The van der Waals surface area contributed by atoms with E-state index >= 15 is 0 Å². The number of nitrogens with one attached hydrogen (secondary N) is 1. The minimum absolute atomic E-state index is 0.0445. The molecule has 4 nitrogen and oxygen atoms in total. The van der Waals surface area contributed by atoms with E-state index in [-0.39, 0.29) is 23.8 Å². The fraction of sp³-hybridized carbons (Fsp3) is 0.500. The van der Waals surface area contributed by atoms with Gasteiger partial charge in [0.1, 0.15) is 12.1 Å². The van der Waals surface area contributed by atoms with Crippen molar-refractivity contribution in [1.29, 1.82) is 0 Å². The van der Waals surface area contributed by atoms with Gasteiger partial charge in [0.25, 0.3) is 0 Å². The Morgan fingerprint density at radius 2 is 1.90 bits per heavy atom. The van der Waals surface area contributed by atoms with Crippen LogP contribution in [-0.4, -0.2) is 28.8 Å². The maximum atomic E-state index is 12.6. The van der Waals surface area contributed by atoms with Gasteiger partial charge in [-0.25, -0.2) is 0 Å². The Balaban J connectivity index is 2.40. The molecule has 1 heterocycles. The molecule has 0 aromatic heterocycles. The summed E-state index contributed by atoms with van der Waals surface area (Å²) in [5.41, 5.74) is 0.934. The largest absolute Gasteiger partial charge is 0.343 e. The van der Waals surface area contributed by atoms with E-state index < -0.39 is 12.1 Å². The minimum Gasteiger partial charge on any atom is -0.343 e. The Morgan fingerprint density at radius 3 is 2.48 bits per heavy atom. The molecule has 5 heteroatoms. The molecule has 1 N–H and O–H groups in total. The predicted molar refractivity (Wildman–Crippen MR) is 82.9 cm³/mol. The SMILES string of the molecule is CC1NC(=O)C(C(C)C)N(C(C)c2cccc(Cl)c2)C1=O. The predicted octanol–water partition coefficient (Wildman–Crippen LogP) is 2.77. The highest BCUT2D eigenvalue weighted by atomic mass is 35.5. The third kappa shape index (κ3) is 3.05. The van der Waals surface area contributed by atoms with Crippen LogP contribution in [0.25, 0.3) is 0 Å². The summed E-state index contributed by atoms with van der Waals surface area (Å²) in [6, 6.07) is 6.28. The van der Waals surface area contributed by atoms with Crippen molar-refractivity contribution in [3.05, 3.63) is 34.9 Å². The number of carbonyl (C=O) groups excluding carboxylic acids is 2. The van der Waals surface area contributed by atoms with E-state index in [1.165, 1.54) is 0 Å². The van der Waals surface area contributed by atoms with Crippen LogP contribution in [0.5, 0.6) is 0 Å². The van der Waals surface area contributed by atoms with Crippen molar-refractivity contribution in [2.75, 3.05) is 0 Å². The van der Waals surface area contributed by atoms with Crippen molar-refractivity contribution < 1.29 is 9.59 Å². The van der Waals surface area contributed by atoms with Crippen LogP contribution in [0.1, 0.15) is 39.3 Å². The van der Waals surface area contributed by atoms with Gasteiger partial charge < -0.3 is 10.2 Å². The van der Waals surface area contributed by atoms with Crippen molar-refractivity contribution in [3.8, 4) is 0 Å². The summed E-state index contributed by atoms with van der Waals surface area (Å²) in [6.07, 6.45) is 0. The normalized spacial score (nSPS) is 24.2. The smallest absolute Gasteiger partial charge is 0.246 e. The number of piperazine rings is 1. The van der Waals surface area contributed by atoms with Crippen LogP contribution in [0, 0.1) is 5.92 Å². The van der Waals surface area contributed by atoms with E-state index in [4.69, 9.17) is 11.6 Å². The number of hydrogen-bond donors (Lipinski definition) is 1. The van der Waals surface area contributed by atoms with E-state index in [9.17, 15) is 9.59 Å². The summed E-state index contributed by atoms with van der Waals surface area (Å²) >= 11 is 6.04. The second kappa shape index (κ2) is 6.06. The summed E-state index contributed by atoms with van der Waals surface area (Å²) < 4.78 is 0. The average Bonchev–Trinajstić information content (AvgIpc) is 2.41. The van der Waals surface area contributed by atoms with Gasteiger partial charge in [-0.2, -0.15) is 0 Å². The van der Waals surface area contributed by atoms with E-state index in [1.807, 2.05) is 39.0 Å². The molecule has 0 saturated carbocycles. The van der Waals surface area contributed by atoms with Gasteiger partial charge in [-0.05, 0) is 37.5 Å². The lowest BCUT2D eigenvalue weighted by Crippen LogP contribution is -2.64. The van der Waals surface area contributed by atoms with Crippen LogP contribution in [-0.2, 0) is 9.59 Å². The van der Waals surface area contributed by atoms with Gasteiger partial charge in [-0.1, -0.05) is 37.6 Å². The van der Waals surface area contributed by atoms with Gasteiger partial charge in [0, 0.05) is 5.02 Å². The van der Waals surface area contributed by atoms with Crippen LogP contribution >= 0.6 is 11.6 Å². The zero-order chi connectivity index (χ0) is 15.7. The van der Waals surface area contributed by atoms with Gasteiger partial charge in [0.05, 0.1) is 6.04 Å². The zero-order valence-electron chi connectivity index (χ0n) is 12.8. The number of rotatable bonds is 3. The summed E-state index contributed by atoms with van der Waals surface area (Å²) in [6.45, 7) is 7.55. The lowest BCUT2D eigenvalue weighted by Gasteiger charge is -2.43. The first-order chi connectivity index (χ1) is 9.82. The van der Waals surface area contributed by atoms with Gasteiger partial charge >= 0.3 is 0 Å². The first-order valence-corrected chi connectivity index (χ1v) is 7.58. The molecular formula is C16H21ClN2O2. The molecular weight excluding hydrogens is 288 g/mol. The number of nitrogens with zero attached hydrogens (tertiary/aromatic N) is 1. The highest BCUT2D eigenvalue weighted by molar-refractivity contribution is 6.30. The standard InChI is InChI=1S/C16H21ClN2O2/c1-9(2)14-15(20)18-10(3)16(21)19(14)11(4)12-6-5-7-13(17)8-12/h5-11,14H,1-4H3,(H,18,20). The van der Waals surface area contributed by atoms with Crippen LogP contribution in [0.4, 0.5) is 0 Å². The molecule has 3 atom stereocenters. The van der Waals surface area contributed by atoms with Crippen molar-refractivity contribution in [3.63, 3.8) is 0 Å². The molecule has 1 aliphatic rings. The molecule has 0 radical (unpaired) electrons. The highest BCUT2D eigenvalue weighted by Crippen LogP contribution is 2.30. The van der Waals surface area contributed by atoms with Gasteiger partial charge in [-0.3, -0.25) is 9.59 Å². The molecule has 1 aromatic carbocycles. The third-order valence-electron chi connectivity index (χ3n) is 3.93. The average molecular weight is 309 g/mol. The lowest BCUT2D eigenvalue weighted by atomic mass is 9.93. The van der Waals surface area contributed by atoms with Crippen LogP contribution < -0.4 is 5.32 Å². The molecule has 0 spiro atoms. The molecule has 1 aromatic rings. The highest BCUT2D eigenvalue weighted by Gasteiger charge is 2.42. The minimum atomic E-state index is -0.492. The Hall–Kier alpha value is -1.55. The number of halogens is 1. The topological polar surface area (TPSA) is 49.4 Å². The molecule has 21 heavy (non-hydrogen) atoms. The summed E-state index contributed by atoms with van der Waals surface area (Å²) in [5.74, 6) is -0.102. The molecule has 1 aliphatic heterocycles. The van der Waals surface area contributed by atoms with E-state index in [2.05, 4.69) is 5.32 Å². The second-order valence-electron chi connectivity index (χ2n) is 5.90. The maximum absolute atomic E-state index is 12.6. The lowest BCUT2D eigenvalue weighted by molar-refractivity contribution is -0.153. The number of amides is 2. The summed E-state index contributed by atoms with van der Waals surface area (Å²) in [7, 11) is 0. The number of carbonyl (C=O) groups is 2. The van der Waals surface area contributed by atoms with E-state index in [1.54, 1.807) is 17.9 Å². The van der Waals surface area contributed by atoms with Gasteiger partial charge in [-0.15, -0.1) is 0 Å². The van der Waals surface area contributed by atoms with Gasteiger partial charge in [0.15, 0.2) is 0 Å². The van der Waals surface area contributed by atoms with Crippen molar-refractivity contribution in [2.24, 2.45) is 5.92 Å². The molecule has 0 aliphatic carbocycles.